The fourth-order valence-electron chi connectivity index (χ4n) is 4.43. The van der Waals surface area contributed by atoms with Crippen LogP contribution in [0.1, 0.15) is 89.0 Å². The summed E-state index contributed by atoms with van der Waals surface area (Å²) in [5, 5.41) is 10.6. The van der Waals surface area contributed by atoms with Gasteiger partial charge < -0.3 is 35.6 Å². The van der Waals surface area contributed by atoms with E-state index in [-0.39, 0.29) is 11.8 Å². The molecule has 3 unspecified atom stereocenters. The molecule has 13 nitrogen and oxygen atoms in total. The third-order valence-electron chi connectivity index (χ3n) is 6.82. The molecule has 0 spiro atoms. The second-order valence-corrected chi connectivity index (χ2v) is 13.5. The van der Waals surface area contributed by atoms with E-state index in [1.54, 1.807) is 48.5 Å². The summed E-state index contributed by atoms with van der Waals surface area (Å²) in [7, 11) is 1.23. The normalized spacial score (nSPS) is 17.3. The smallest absolute Gasteiger partial charge is 0.408 e. The zero-order valence-corrected chi connectivity index (χ0v) is 27.2. The molecule has 0 bridgehead atoms. The number of likely N-dealkylation sites (tertiary alicyclic amines) is 1. The van der Waals surface area contributed by atoms with E-state index in [9.17, 15) is 28.8 Å². The maximum Gasteiger partial charge on any atom is 0.408 e. The number of rotatable bonds is 11. The van der Waals surface area contributed by atoms with Crippen molar-refractivity contribution in [3.8, 4) is 0 Å². The predicted molar refractivity (Wildman–Crippen MR) is 156 cm³/mol. The molecule has 1 aliphatic heterocycles. The second kappa shape index (κ2) is 14.2. The molecule has 0 aromatic carbocycles. The first-order valence-corrected chi connectivity index (χ1v) is 14.4. The van der Waals surface area contributed by atoms with Crippen LogP contribution in [0, 0.1) is 11.8 Å². The average molecular weight is 598 g/mol. The minimum atomic E-state index is -1.43. The molecule has 5 amide bonds. The van der Waals surface area contributed by atoms with Gasteiger partial charge in [-0.2, -0.15) is 0 Å². The summed E-state index contributed by atoms with van der Waals surface area (Å²) in [6, 6.07) is -2.77. The average Bonchev–Trinajstić information content (AvgIpc) is 3.31. The van der Waals surface area contributed by atoms with E-state index >= 15 is 0 Å². The van der Waals surface area contributed by atoms with Crippen LogP contribution in [0.3, 0.4) is 0 Å². The minimum Gasteiger partial charge on any atom is -0.467 e. The third-order valence-corrected chi connectivity index (χ3v) is 6.82. The Balaban J connectivity index is 3.01. The molecule has 240 valence electrons. The molecule has 0 saturated carbocycles. The standard InChI is InChI=1S/C29H51N5O8/c1-16(2)19(22(36)32-28(8,9)24(38)31-20(17(3)4)23(37)41-12)30-21(35)18-14-13-15-34(18)25(39)29(10,11)33-26(40)42-27(5,6)7/h16-20H,13-15H2,1-12H3,(H,30,35)(H,31,38)(H,32,36)(H,33,40). The van der Waals surface area contributed by atoms with E-state index < -0.39 is 70.5 Å². The summed E-state index contributed by atoms with van der Waals surface area (Å²) in [5.74, 6) is -3.39. The topological polar surface area (TPSA) is 172 Å². The number of carbonyl (C=O) groups is 6. The van der Waals surface area contributed by atoms with Crippen molar-refractivity contribution in [1.29, 1.82) is 0 Å². The molecule has 3 atom stereocenters. The zero-order valence-electron chi connectivity index (χ0n) is 27.2. The van der Waals surface area contributed by atoms with Gasteiger partial charge in [0, 0.05) is 6.54 Å². The molecule has 42 heavy (non-hydrogen) atoms. The zero-order chi connectivity index (χ0) is 32.8. The summed E-state index contributed by atoms with van der Waals surface area (Å²) in [6.07, 6.45) is 0.190. The molecule has 0 aliphatic carbocycles. The maximum absolute atomic E-state index is 13.4. The molecule has 4 N–H and O–H groups in total. The second-order valence-electron chi connectivity index (χ2n) is 13.5. The molecule has 1 rings (SSSR count). The van der Waals surface area contributed by atoms with Crippen LogP contribution in [-0.2, 0) is 33.4 Å². The maximum atomic E-state index is 13.4. The van der Waals surface area contributed by atoms with E-state index in [0.717, 1.165) is 0 Å². The molecule has 1 fully saturated rings. The Kier molecular flexibility index (Phi) is 12.4. The quantitative estimate of drug-likeness (QED) is 0.260. The van der Waals surface area contributed by atoms with Gasteiger partial charge in [-0.15, -0.1) is 0 Å². The Bertz CT molecular complexity index is 1030. The Hall–Kier alpha value is -3.38. The van der Waals surface area contributed by atoms with Gasteiger partial charge in [0.15, 0.2) is 0 Å². The van der Waals surface area contributed by atoms with E-state index in [1.807, 2.05) is 0 Å². The lowest BCUT2D eigenvalue weighted by atomic mass is 9.97. The summed E-state index contributed by atoms with van der Waals surface area (Å²) >= 11 is 0. The summed E-state index contributed by atoms with van der Waals surface area (Å²) in [5.41, 5.74) is -3.53. The van der Waals surface area contributed by atoms with Crippen LogP contribution in [0.15, 0.2) is 0 Å². The van der Waals surface area contributed by atoms with Gasteiger partial charge in [0.25, 0.3) is 0 Å². The Morgan fingerprint density at radius 2 is 1.33 bits per heavy atom. The van der Waals surface area contributed by atoms with Crippen LogP contribution in [0.25, 0.3) is 0 Å². The molecular formula is C29H51N5O8. The van der Waals surface area contributed by atoms with Crippen molar-refractivity contribution < 1.29 is 38.2 Å². The summed E-state index contributed by atoms with van der Waals surface area (Å²) < 4.78 is 10.0. The molecule has 0 aromatic heterocycles. The number of hydrogen-bond acceptors (Lipinski definition) is 8. The molecule has 1 heterocycles. The summed E-state index contributed by atoms with van der Waals surface area (Å²) in [6.45, 7) is 18.5. The van der Waals surface area contributed by atoms with E-state index in [4.69, 9.17) is 9.47 Å². The van der Waals surface area contributed by atoms with Crippen molar-refractivity contribution >= 4 is 35.7 Å². The van der Waals surface area contributed by atoms with Gasteiger partial charge in [-0.25, -0.2) is 9.59 Å². The first-order chi connectivity index (χ1) is 19.0. The SMILES string of the molecule is COC(=O)C(NC(=O)C(C)(C)NC(=O)C(NC(=O)C1CCCN1C(=O)C(C)(C)NC(=O)OC(C)(C)C)C(C)C)C(C)C. The first-order valence-electron chi connectivity index (χ1n) is 14.4. The van der Waals surface area contributed by atoms with Crippen molar-refractivity contribution in [3.05, 3.63) is 0 Å². The van der Waals surface area contributed by atoms with E-state index in [2.05, 4.69) is 21.3 Å². The number of nitrogens with zero attached hydrogens (tertiary/aromatic N) is 1. The minimum absolute atomic E-state index is 0.253. The molecule has 1 saturated heterocycles. The molecule has 0 aromatic rings. The van der Waals surface area contributed by atoms with Crippen LogP contribution in [0.5, 0.6) is 0 Å². The number of ether oxygens (including phenoxy) is 2. The van der Waals surface area contributed by atoms with Gasteiger partial charge in [-0.1, -0.05) is 27.7 Å². The van der Waals surface area contributed by atoms with Crippen molar-refractivity contribution in [1.82, 2.24) is 26.2 Å². The van der Waals surface area contributed by atoms with Crippen LogP contribution in [0.2, 0.25) is 0 Å². The van der Waals surface area contributed by atoms with E-state index in [0.29, 0.717) is 19.4 Å². The number of methoxy groups -OCH3 is 1. The van der Waals surface area contributed by atoms with Gasteiger partial charge in [0.05, 0.1) is 7.11 Å². The predicted octanol–water partition coefficient (Wildman–Crippen LogP) is 1.63. The third kappa shape index (κ3) is 10.2. The van der Waals surface area contributed by atoms with Crippen LogP contribution in [0.4, 0.5) is 4.79 Å². The molecule has 1 aliphatic rings. The fourth-order valence-corrected chi connectivity index (χ4v) is 4.43. The van der Waals surface area contributed by atoms with Crippen LogP contribution >= 0.6 is 0 Å². The van der Waals surface area contributed by atoms with Crippen molar-refractivity contribution in [3.63, 3.8) is 0 Å². The number of esters is 1. The van der Waals surface area contributed by atoms with Crippen molar-refractivity contribution in [2.75, 3.05) is 13.7 Å². The lowest BCUT2D eigenvalue weighted by Crippen LogP contribution is -2.63. The van der Waals surface area contributed by atoms with Gasteiger partial charge in [0.2, 0.25) is 23.6 Å². The lowest BCUT2D eigenvalue weighted by Gasteiger charge is -2.35. The highest BCUT2D eigenvalue weighted by atomic mass is 16.6. The van der Waals surface area contributed by atoms with Crippen molar-refractivity contribution in [2.45, 2.75) is 124 Å². The number of carbonyl (C=O) groups excluding carboxylic acids is 6. The van der Waals surface area contributed by atoms with Crippen LogP contribution < -0.4 is 21.3 Å². The van der Waals surface area contributed by atoms with Crippen molar-refractivity contribution in [2.24, 2.45) is 11.8 Å². The number of amides is 5. The fraction of sp³-hybridized carbons (Fsp3) is 0.793. The largest absolute Gasteiger partial charge is 0.467 e. The monoisotopic (exact) mass is 597 g/mol. The van der Waals surface area contributed by atoms with Gasteiger partial charge in [0.1, 0.15) is 34.8 Å². The highest BCUT2D eigenvalue weighted by Gasteiger charge is 2.43. The number of hydrogen-bond donors (Lipinski definition) is 4. The lowest BCUT2D eigenvalue weighted by molar-refractivity contribution is -0.147. The highest BCUT2D eigenvalue weighted by Crippen LogP contribution is 2.23. The number of alkyl carbamates (subject to hydrolysis) is 1. The Labute approximate surface area is 249 Å². The Morgan fingerprint density at radius 1 is 0.786 bits per heavy atom. The van der Waals surface area contributed by atoms with Crippen LogP contribution in [-0.4, -0.2) is 89.1 Å². The Morgan fingerprint density at radius 3 is 1.81 bits per heavy atom. The first kappa shape index (κ1) is 36.6. The summed E-state index contributed by atoms with van der Waals surface area (Å²) in [4.78, 5) is 79.0. The van der Waals surface area contributed by atoms with Gasteiger partial charge >= 0.3 is 12.1 Å². The molecule has 13 heteroatoms. The number of nitrogens with one attached hydrogen (secondary N) is 4. The molecule has 0 radical (unpaired) electrons. The van der Waals surface area contributed by atoms with E-state index in [1.165, 1.54) is 39.7 Å². The van der Waals surface area contributed by atoms with Gasteiger partial charge in [-0.3, -0.25) is 19.2 Å². The molecular weight excluding hydrogens is 546 g/mol. The highest BCUT2D eigenvalue weighted by molar-refractivity contribution is 5.98. The van der Waals surface area contributed by atoms with Gasteiger partial charge in [-0.05, 0) is 73.1 Å².